The Hall–Kier alpha value is -0.650. The predicted molar refractivity (Wildman–Crippen MR) is 62.9 cm³/mol. The largest absolute Gasteiger partial charge is 0.393 e. The smallest absolute Gasteiger partial charge is 0.140 e. The molecule has 1 atom stereocenters. The summed E-state index contributed by atoms with van der Waals surface area (Å²) < 4.78 is 0.874. The van der Waals surface area contributed by atoms with Crippen LogP contribution in [0.15, 0.2) is 16.7 Å². The van der Waals surface area contributed by atoms with E-state index in [9.17, 15) is 5.11 Å². The van der Waals surface area contributed by atoms with Gasteiger partial charge in [-0.15, -0.1) is 0 Å². The van der Waals surface area contributed by atoms with Gasteiger partial charge in [0.05, 0.1) is 11.1 Å². The molecule has 1 unspecified atom stereocenters. The second-order valence-electron chi connectivity index (χ2n) is 3.80. The van der Waals surface area contributed by atoms with Crippen molar-refractivity contribution in [1.82, 2.24) is 4.98 Å². The van der Waals surface area contributed by atoms with Gasteiger partial charge in [0.25, 0.3) is 0 Å². The van der Waals surface area contributed by atoms with Crippen LogP contribution in [0, 0.1) is 6.92 Å². The Morgan fingerprint density at radius 2 is 2.27 bits per heavy atom. The number of rotatable bonds is 4. The second kappa shape index (κ2) is 4.92. The molecule has 0 spiro atoms. The van der Waals surface area contributed by atoms with Crippen molar-refractivity contribution >= 4 is 21.7 Å². The van der Waals surface area contributed by atoms with Crippen molar-refractivity contribution in [3.8, 4) is 0 Å². The van der Waals surface area contributed by atoms with Crippen LogP contribution >= 0.6 is 15.9 Å². The molecule has 0 bridgehead atoms. The van der Waals surface area contributed by atoms with Crippen LogP contribution in [0.3, 0.4) is 0 Å². The molecule has 3 N–H and O–H groups in total. The van der Waals surface area contributed by atoms with Crippen LogP contribution < -0.4 is 5.32 Å². The fourth-order valence-corrected chi connectivity index (χ4v) is 1.37. The van der Waals surface area contributed by atoms with E-state index in [1.165, 1.54) is 0 Å². The zero-order valence-electron chi connectivity index (χ0n) is 8.79. The van der Waals surface area contributed by atoms with E-state index in [1.54, 1.807) is 13.1 Å². The minimum atomic E-state index is -1.13. The molecule has 0 saturated carbocycles. The lowest BCUT2D eigenvalue weighted by molar-refractivity contribution is 0.0131. The van der Waals surface area contributed by atoms with E-state index in [2.05, 4.69) is 26.2 Å². The molecule has 0 aliphatic heterocycles. The highest BCUT2D eigenvalue weighted by Crippen LogP contribution is 2.23. The average molecular weight is 275 g/mol. The highest BCUT2D eigenvalue weighted by molar-refractivity contribution is 9.10. The number of aliphatic hydroxyl groups excluding tert-OH is 1. The van der Waals surface area contributed by atoms with Crippen molar-refractivity contribution in [2.45, 2.75) is 19.4 Å². The number of hydrogen-bond acceptors (Lipinski definition) is 4. The van der Waals surface area contributed by atoms with Crippen LogP contribution in [-0.2, 0) is 0 Å². The Labute approximate surface area is 97.5 Å². The molecule has 1 aromatic heterocycles. The fourth-order valence-electron chi connectivity index (χ4n) is 0.993. The molecule has 15 heavy (non-hydrogen) atoms. The van der Waals surface area contributed by atoms with Gasteiger partial charge in [-0.25, -0.2) is 4.98 Å². The third kappa shape index (κ3) is 3.44. The van der Waals surface area contributed by atoms with Crippen LogP contribution in [0.2, 0.25) is 0 Å². The molecule has 5 heteroatoms. The Morgan fingerprint density at radius 1 is 1.60 bits per heavy atom. The summed E-state index contributed by atoms with van der Waals surface area (Å²) in [4.78, 5) is 4.13. The summed E-state index contributed by atoms with van der Waals surface area (Å²) in [5.74, 6) is 0.670. The minimum Gasteiger partial charge on any atom is -0.393 e. The van der Waals surface area contributed by atoms with E-state index in [4.69, 9.17) is 5.11 Å². The molecule has 1 rings (SSSR count). The number of nitrogens with one attached hydrogen (secondary N) is 1. The normalized spacial score (nSPS) is 14.7. The maximum Gasteiger partial charge on any atom is 0.140 e. The van der Waals surface area contributed by atoms with E-state index in [0.717, 1.165) is 10.0 Å². The molecule has 0 aliphatic rings. The van der Waals surface area contributed by atoms with Gasteiger partial charge in [0.2, 0.25) is 0 Å². The lowest BCUT2D eigenvalue weighted by Gasteiger charge is -2.21. The summed E-state index contributed by atoms with van der Waals surface area (Å²) in [7, 11) is 0. The first-order chi connectivity index (χ1) is 6.96. The van der Waals surface area contributed by atoms with Crippen molar-refractivity contribution < 1.29 is 10.2 Å². The van der Waals surface area contributed by atoms with Crippen LogP contribution in [0.25, 0.3) is 0 Å². The molecule has 0 radical (unpaired) electrons. The zero-order chi connectivity index (χ0) is 11.5. The van der Waals surface area contributed by atoms with Gasteiger partial charge in [0, 0.05) is 12.7 Å². The van der Waals surface area contributed by atoms with Crippen LogP contribution in [0.1, 0.15) is 12.5 Å². The summed E-state index contributed by atoms with van der Waals surface area (Å²) in [5.41, 5.74) is -0.0682. The lowest BCUT2D eigenvalue weighted by atomic mass is 10.1. The first kappa shape index (κ1) is 12.4. The van der Waals surface area contributed by atoms with Crippen LogP contribution in [-0.4, -0.2) is 33.9 Å². The maximum atomic E-state index is 9.59. The van der Waals surface area contributed by atoms with Crippen molar-refractivity contribution in [2.24, 2.45) is 0 Å². The molecule has 0 fully saturated rings. The van der Waals surface area contributed by atoms with Crippen LogP contribution in [0.5, 0.6) is 0 Å². The van der Waals surface area contributed by atoms with Gasteiger partial charge in [-0.05, 0) is 41.4 Å². The average Bonchev–Trinajstić information content (AvgIpc) is 2.20. The molecule has 1 heterocycles. The zero-order valence-corrected chi connectivity index (χ0v) is 10.4. The molecule has 0 amide bonds. The summed E-state index contributed by atoms with van der Waals surface area (Å²) in [6.45, 7) is 3.48. The second-order valence-corrected chi connectivity index (χ2v) is 4.59. The molecule has 0 aliphatic carbocycles. The number of hydrogen-bond donors (Lipinski definition) is 3. The van der Waals surface area contributed by atoms with E-state index in [1.807, 2.05) is 13.0 Å². The standard InChI is InChI=1S/C10H15BrN2O2/c1-7-3-4-12-9(8(7)11)13-5-10(2,15)6-14/h3-4,14-15H,5-6H2,1-2H3,(H,12,13). The third-order valence-corrected chi connectivity index (χ3v) is 3.06. The van der Waals surface area contributed by atoms with Gasteiger partial charge in [-0.1, -0.05) is 0 Å². The molecule has 1 aromatic rings. The quantitative estimate of drug-likeness (QED) is 0.775. The summed E-state index contributed by atoms with van der Waals surface area (Å²) in [6, 6.07) is 1.89. The molecule has 4 nitrogen and oxygen atoms in total. The number of pyridine rings is 1. The number of nitrogens with zero attached hydrogens (tertiary/aromatic N) is 1. The van der Waals surface area contributed by atoms with Gasteiger partial charge in [-0.2, -0.15) is 0 Å². The number of halogens is 1. The highest BCUT2D eigenvalue weighted by atomic mass is 79.9. The van der Waals surface area contributed by atoms with E-state index < -0.39 is 5.60 Å². The summed E-state index contributed by atoms with van der Waals surface area (Å²) in [5, 5.41) is 21.4. The van der Waals surface area contributed by atoms with Crippen LogP contribution in [0.4, 0.5) is 5.82 Å². The number of aryl methyl sites for hydroxylation is 1. The Balaban J connectivity index is 2.70. The predicted octanol–water partition coefficient (Wildman–Crippen LogP) is 1.31. The van der Waals surface area contributed by atoms with Gasteiger partial charge in [-0.3, -0.25) is 0 Å². The van der Waals surface area contributed by atoms with Crippen molar-refractivity contribution in [3.05, 3.63) is 22.3 Å². The maximum absolute atomic E-state index is 9.59. The van der Waals surface area contributed by atoms with Crippen molar-refractivity contribution in [2.75, 3.05) is 18.5 Å². The van der Waals surface area contributed by atoms with Crippen molar-refractivity contribution in [1.29, 1.82) is 0 Å². The Morgan fingerprint density at radius 3 is 2.87 bits per heavy atom. The Bertz CT molecular complexity index is 342. The third-order valence-electron chi connectivity index (χ3n) is 2.06. The SMILES string of the molecule is Cc1ccnc(NCC(C)(O)CO)c1Br. The van der Waals surface area contributed by atoms with Gasteiger partial charge in [0.15, 0.2) is 0 Å². The number of aromatic nitrogens is 1. The van der Waals surface area contributed by atoms with Gasteiger partial charge in [0.1, 0.15) is 11.4 Å². The van der Waals surface area contributed by atoms with E-state index in [-0.39, 0.29) is 13.2 Å². The van der Waals surface area contributed by atoms with Gasteiger partial charge < -0.3 is 15.5 Å². The topological polar surface area (TPSA) is 65.4 Å². The monoisotopic (exact) mass is 274 g/mol. The molecule has 0 saturated heterocycles. The van der Waals surface area contributed by atoms with E-state index in [0.29, 0.717) is 5.82 Å². The van der Waals surface area contributed by atoms with Gasteiger partial charge >= 0.3 is 0 Å². The van der Waals surface area contributed by atoms with Crippen molar-refractivity contribution in [3.63, 3.8) is 0 Å². The minimum absolute atomic E-state index is 0.249. The summed E-state index contributed by atoms with van der Waals surface area (Å²) >= 11 is 3.40. The Kier molecular flexibility index (Phi) is 4.07. The molecular formula is C10H15BrN2O2. The lowest BCUT2D eigenvalue weighted by Crippen LogP contribution is -2.37. The first-order valence-electron chi connectivity index (χ1n) is 4.64. The molecular weight excluding hydrogens is 260 g/mol. The number of aliphatic hydroxyl groups is 2. The molecule has 84 valence electrons. The highest BCUT2D eigenvalue weighted by Gasteiger charge is 2.19. The number of anilines is 1. The fraction of sp³-hybridized carbons (Fsp3) is 0.500. The van der Waals surface area contributed by atoms with E-state index >= 15 is 0 Å². The molecule has 0 aromatic carbocycles. The first-order valence-corrected chi connectivity index (χ1v) is 5.44. The summed E-state index contributed by atoms with van der Waals surface area (Å²) in [6.07, 6.45) is 1.69.